The Hall–Kier alpha value is -1.29. The van der Waals surface area contributed by atoms with E-state index in [0.29, 0.717) is 6.04 Å². The molecular formula is C15H23N3O. The van der Waals surface area contributed by atoms with E-state index in [1.165, 1.54) is 18.5 Å². The highest BCUT2D eigenvalue weighted by Crippen LogP contribution is 2.38. The first-order valence-electron chi connectivity index (χ1n) is 7.31. The van der Waals surface area contributed by atoms with Crippen molar-refractivity contribution < 1.29 is 4.79 Å². The molecule has 104 valence electrons. The summed E-state index contributed by atoms with van der Waals surface area (Å²) < 4.78 is 2.34. The topological polar surface area (TPSA) is 51.3 Å². The van der Waals surface area contributed by atoms with E-state index in [-0.39, 0.29) is 11.9 Å². The predicted octanol–water partition coefficient (Wildman–Crippen LogP) is 2.00. The van der Waals surface area contributed by atoms with Crippen molar-refractivity contribution in [3.63, 3.8) is 0 Å². The fourth-order valence-electron chi connectivity index (χ4n) is 3.16. The van der Waals surface area contributed by atoms with E-state index in [1.807, 2.05) is 4.90 Å². The molecule has 19 heavy (non-hydrogen) atoms. The molecule has 1 aromatic rings. The number of nitrogens with zero attached hydrogens (tertiary/aromatic N) is 2. The maximum absolute atomic E-state index is 12.6. The molecule has 2 heterocycles. The molecule has 1 amide bonds. The molecule has 0 spiro atoms. The Morgan fingerprint density at radius 2 is 1.84 bits per heavy atom. The van der Waals surface area contributed by atoms with E-state index in [2.05, 4.69) is 24.5 Å². The van der Waals surface area contributed by atoms with E-state index in [0.717, 1.165) is 37.2 Å². The first-order valence-corrected chi connectivity index (χ1v) is 7.31. The Morgan fingerprint density at radius 3 is 2.42 bits per heavy atom. The smallest absolute Gasteiger partial charge is 0.255 e. The largest absolute Gasteiger partial charge is 0.345 e. The van der Waals surface area contributed by atoms with E-state index >= 15 is 0 Å². The normalized spacial score (nSPS) is 20.9. The molecular weight excluding hydrogens is 238 g/mol. The average Bonchev–Trinajstić information content (AvgIpc) is 3.16. The number of nitrogens with two attached hydrogens (primary N) is 1. The summed E-state index contributed by atoms with van der Waals surface area (Å²) >= 11 is 0. The van der Waals surface area contributed by atoms with Crippen LogP contribution in [0.15, 0.2) is 6.07 Å². The number of rotatable bonds is 2. The molecule has 4 heteroatoms. The number of hydrogen-bond donors (Lipinski definition) is 1. The quantitative estimate of drug-likeness (QED) is 0.885. The number of aryl methyl sites for hydroxylation is 1. The third kappa shape index (κ3) is 2.29. The number of piperidine rings is 1. The molecule has 0 aromatic carbocycles. The van der Waals surface area contributed by atoms with Crippen LogP contribution in [-0.2, 0) is 0 Å². The highest BCUT2D eigenvalue weighted by atomic mass is 16.2. The summed E-state index contributed by atoms with van der Waals surface area (Å²) in [6.45, 7) is 5.78. The Bertz CT molecular complexity index is 494. The van der Waals surface area contributed by atoms with Crippen molar-refractivity contribution in [2.24, 2.45) is 5.73 Å². The van der Waals surface area contributed by atoms with Gasteiger partial charge in [-0.1, -0.05) is 0 Å². The second kappa shape index (κ2) is 4.67. The summed E-state index contributed by atoms with van der Waals surface area (Å²) in [7, 11) is 0. The second-order valence-corrected chi connectivity index (χ2v) is 6.02. The van der Waals surface area contributed by atoms with Gasteiger partial charge in [0.15, 0.2) is 0 Å². The SMILES string of the molecule is Cc1cc(C(=O)N2CCC(N)CC2)c(C)n1C1CC1. The molecule has 0 bridgehead atoms. The van der Waals surface area contributed by atoms with Gasteiger partial charge in [0.05, 0.1) is 5.56 Å². The van der Waals surface area contributed by atoms with Crippen molar-refractivity contribution >= 4 is 5.91 Å². The predicted molar refractivity (Wildman–Crippen MR) is 75.3 cm³/mol. The minimum atomic E-state index is 0.187. The second-order valence-electron chi connectivity index (χ2n) is 6.02. The summed E-state index contributed by atoms with van der Waals surface area (Å²) in [6, 6.07) is 2.96. The van der Waals surface area contributed by atoms with Crippen LogP contribution >= 0.6 is 0 Å². The molecule has 0 radical (unpaired) electrons. The summed E-state index contributed by atoms with van der Waals surface area (Å²) in [4.78, 5) is 14.6. The number of aromatic nitrogens is 1. The van der Waals surface area contributed by atoms with E-state index in [9.17, 15) is 4.79 Å². The highest BCUT2D eigenvalue weighted by Gasteiger charge is 2.30. The maximum Gasteiger partial charge on any atom is 0.255 e. The summed E-state index contributed by atoms with van der Waals surface area (Å²) in [5, 5.41) is 0. The van der Waals surface area contributed by atoms with Crippen LogP contribution in [0, 0.1) is 13.8 Å². The van der Waals surface area contributed by atoms with Gasteiger partial charge in [0, 0.05) is 36.6 Å². The molecule has 1 aliphatic heterocycles. The maximum atomic E-state index is 12.6. The molecule has 1 aliphatic carbocycles. The van der Waals surface area contributed by atoms with Crippen molar-refractivity contribution in [3.8, 4) is 0 Å². The van der Waals surface area contributed by atoms with Gasteiger partial charge >= 0.3 is 0 Å². The van der Waals surface area contributed by atoms with Gasteiger partial charge in [-0.3, -0.25) is 4.79 Å². The third-order valence-corrected chi connectivity index (χ3v) is 4.45. The fraction of sp³-hybridized carbons (Fsp3) is 0.667. The lowest BCUT2D eigenvalue weighted by atomic mass is 10.1. The zero-order chi connectivity index (χ0) is 13.6. The van der Waals surface area contributed by atoms with Crippen LogP contribution in [0.3, 0.4) is 0 Å². The minimum Gasteiger partial charge on any atom is -0.345 e. The average molecular weight is 261 g/mol. The lowest BCUT2D eigenvalue weighted by Crippen LogP contribution is -2.42. The molecule has 2 N–H and O–H groups in total. The van der Waals surface area contributed by atoms with Gasteiger partial charge in [-0.2, -0.15) is 0 Å². The minimum absolute atomic E-state index is 0.187. The highest BCUT2D eigenvalue weighted by molar-refractivity contribution is 5.95. The van der Waals surface area contributed by atoms with Crippen molar-refractivity contribution in [1.82, 2.24) is 9.47 Å². The third-order valence-electron chi connectivity index (χ3n) is 4.45. The first kappa shape index (κ1) is 12.7. The van der Waals surface area contributed by atoms with Crippen molar-refractivity contribution in [2.45, 2.75) is 51.6 Å². The molecule has 1 aromatic heterocycles. The Labute approximate surface area is 114 Å². The van der Waals surface area contributed by atoms with Crippen LogP contribution < -0.4 is 5.73 Å². The molecule has 2 aliphatic rings. The van der Waals surface area contributed by atoms with Crippen molar-refractivity contribution in [1.29, 1.82) is 0 Å². The van der Waals surface area contributed by atoms with E-state index < -0.39 is 0 Å². The first-order chi connectivity index (χ1) is 9.08. The Kier molecular flexibility index (Phi) is 3.13. The van der Waals surface area contributed by atoms with Crippen molar-refractivity contribution in [2.75, 3.05) is 13.1 Å². The van der Waals surface area contributed by atoms with Gasteiger partial charge < -0.3 is 15.2 Å². The summed E-state index contributed by atoms with van der Waals surface area (Å²) in [5.41, 5.74) is 9.15. The summed E-state index contributed by atoms with van der Waals surface area (Å²) in [5.74, 6) is 0.187. The Balaban J connectivity index is 1.82. The number of carbonyl (C=O) groups is 1. The molecule has 0 unspecified atom stereocenters. The van der Waals surface area contributed by atoms with E-state index in [4.69, 9.17) is 5.73 Å². The monoisotopic (exact) mass is 261 g/mol. The number of hydrogen-bond acceptors (Lipinski definition) is 2. The summed E-state index contributed by atoms with van der Waals surface area (Å²) in [6.07, 6.45) is 4.35. The lowest BCUT2D eigenvalue weighted by molar-refractivity contribution is 0.0714. The van der Waals surface area contributed by atoms with Gasteiger partial charge in [0.25, 0.3) is 5.91 Å². The van der Waals surface area contributed by atoms with Gasteiger partial charge in [-0.05, 0) is 45.6 Å². The molecule has 1 saturated carbocycles. The molecule has 0 atom stereocenters. The molecule has 3 rings (SSSR count). The fourth-order valence-corrected chi connectivity index (χ4v) is 3.16. The molecule has 2 fully saturated rings. The van der Waals surface area contributed by atoms with Crippen LogP contribution in [0.25, 0.3) is 0 Å². The van der Waals surface area contributed by atoms with Crippen molar-refractivity contribution in [3.05, 3.63) is 23.0 Å². The number of likely N-dealkylation sites (tertiary alicyclic amines) is 1. The van der Waals surface area contributed by atoms with Crippen LogP contribution in [0.1, 0.15) is 53.5 Å². The Morgan fingerprint density at radius 1 is 1.21 bits per heavy atom. The van der Waals surface area contributed by atoms with Gasteiger partial charge in [0.1, 0.15) is 0 Å². The number of amides is 1. The number of carbonyl (C=O) groups excluding carboxylic acids is 1. The molecule has 4 nitrogen and oxygen atoms in total. The van der Waals surface area contributed by atoms with Crippen LogP contribution in [-0.4, -0.2) is 34.5 Å². The van der Waals surface area contributed by atoms with Gasteiger partial charge in [-0.15, -0.1) is 0 Å². The zero-order valence-electron chi connectivity index (χ0n) is 11.9. The molecule has 1 saturated heterocycles. The van der Waals surface area contributed by atoms with Gasteiger partial charge in [-0.25, -0.2) is 0 Å². The lowest BCUT2D eigenvalue weighted by Gasteiger charge is -2.30. The standard InChI is InChI=1S/C15H23N3O/c1-10-9-14(11(2)18(10)13-3-4-13)15(19)17-7-5-12(16)6-8-17/h9,12-13H,3-8,16H2,1-2H3. The van der Waals surface area contributed by atoms with Crippen LogP contribution in [0.2, 0.25) is 0 Å². The van der Waals surface area contributed by atoms with Crippen LogP contribution in [0.4, 0.5) is 0 Å². The zero-order valence-corrected chi connectivity index (χ0v) is 11.9. The van der Waals surface area contributed by atoms with E-state index in [1.54, 1.807) is 0 Å². The van der Waals surface area contributed by atoms with Gasteiger partial charge in [0.2, 0.25) is 0 Å². The van der Waals surface area contributed by atoms with Crippen LogP contribution in [0.5, 0.6) is 0 Å².